The van der Waals surface area contributed by atoms with Crippen molar-refractivity contribution in [3.63, 3.8) is 0 Å². The molecule has 2 saturated carbocycles. The fourth-order valence-electron chi connectivity index (χ4n) is 5.16. The smallest absolute Gasteiger partial charge is 0.310 e. The summed E-state index contributed by atoms with van der Waals surface area (Å²) in [6.07, 6.45) is 8.36. The van der Waals surface area contributed by atoms with E-state index in [-0.39, 0.29) is 17.5 Å². The molecule has 6 unspecified atom stereocenters. The zero-order chi connectivity index (χ0) is 20.2. The maximum Gasteiger partial charge on any atom is 0.310 e. The minimum Gasteiger partial charge on any atom is -0.481 e. The third-order valence-corrected chi connectivity index (χ3v) is 7.34. The Balaban J connectivity index is 2.15. The van der Waals surface area contributed by atoms with Gasteiger partial charge in [-0.15, -0.1) is 0 Å². The molecular formula is C23H40O4. The first-order chi connectivity index (χ1) is 12.6. The summed E-state index contributed by atoms with van der Waals surface area (Å²) < 4.78 is 6.15. The van der Waals surface area contributed by atoms with E-state index in [1.165, 1.54) is 12.8 Å². The average Bonchev–Trinajstić information content (AvgIpc) is 2.61. The summed E-state index contributed by atoms with van der Waals surface area (Å²) in [5, 5.41) is 9.53. The molecule has 0 radical (unpaired) electrons. The van der Waals surface area contributed by atoms with Gasteiger partial charge >= 0.3 is 11.9 Å². The van der Waals surface area contributed by atoms with Crippen LogP contribution in [0.1, 0.15) is 92.4 Å². The number of hydrogen-bond acceptors (Lipinski definition) is 3. The molecule has 6 atom stereocenters. The lowest BCUT2D eigenvalue weighted by Gasteiger charge is -2.41. The largest absolute Gasteiger partial charge is 0.481 e. The zero-order valence-corrected chi connectivity index (χ0v) is 18.0. The Kier molecular flexibility index (Phi) is 7.76. The van der Waals surface area contributed by atoms with Crippen LogP contribution in [0.25, 0.3) is 0 Å². The predicted molar refractivity (Wildman–Crippen MR) is 107 cm³/mol. The fourth-order valence-corrected chi connectivity index (χ4v) is 5.16. The van der Waals surface area contributed by atoms with Gasteiger partial charge in [0.1, 0.15) is 6.10 Å². The molecule has 0 amide bonds. The summed E-state index contributed by atoms with van der Waals surface area (Å²) in [5.74, 6) is -0.479. The van der Waals surface area contributed by atoms with Gasteiger partial charge in [-0.2, -0.15) is 0 Å². The second-order valence-electron chi connectivity index (χ2n) is 10.1. The number of carboxylic acids is 1. The van der Waals surface area contributed by atoms with Crippen LogP contribution in [0.2, 0.25) is 0 Å². The summed E-state index contributed by atoms with van der Waals surface area (Å²) in [7, 11) is 0. The summed E-state index contributed by atoms with van der Waals surface area (Å²) in [6.45, 7) is 11.3. The number of aliphatic carboxylic acids is 1. The SMILES string of the molecule is CCC(C)(C)CC(OC(=O)C1CCCCC1C(=O)O)C1CCC(C)CC1C. The van der Waals surface area contributed by atoms with Crippen molar-refractivity contribution < 1.29 is 19.4 Å². The first-order valence-electron chi connectivity index (χ1n) is 11.1. The lowest BCUT2D eigenvalue weighted by Crippen LogP contribution is -2.41. The quantitative estimate of drug-likeness (QED) is 0.576. The standard InChI is InChI=1S/C23H40O4/c1-6-23(4,5)14-20(17-12-11-15(2)13-16(17)3)27-22(26)19-10-8-7-9-18(19)21(24)25/h15-20H,6-14H2,1-5H3,(H,24,25). The van der Waals surface area contributed by atoms with Crippen LogP contribution in [0.4, 0.5) is 0 Å². The van der Waals surface area contributed by atoms with Crippen molar-refractivity contribution in [1.29, 1.82) is 0 Å². The van der Waals surface area contributed by atoms with Crippen molar-refractivity contribution in [2.75, 3.05) is 0 Å². The number of hydrogen-bond donors (Lipinski definition) is 1. The van der Waals surface area contributed by atoms with E-state index >= 15 is 0 Å². The van der Waals surface area contributed by atoms with E-state index in [0.717, 1.165) is 38.0 Å². The van der Waals surface area contributed by atoms with Crippen molar-refractivity contribution in [3.8, 4) is 0 Å². The molecule has 0 saturated heterocycles. The van der Waals surface area contributed by atoms with Gasteiger partial charge in [-0.25, -0.2) is 0 Å². The van der Waals surface area contributed by atoms with Gasteiger partial charge in [0.25, 0.3) is 0 Å². The van der Waals surface area contributed by atoms with Gasteiger partial charge in [0.05, 0.1) is 11.8 Å². The van der Waals surface area contributed by atoms with Crippen molar-refractivity contribution in [2.45, 2.75) is 98.5 Å². The summed E-state index contributed by atoms with van der Waals surface area (Å²) in [4.78, 5) is 24.6. The number of carbonyl (C=O) groups is 2. The van der Waals surface area contributed by atoms with Crippen LogP contribution in [0.15, 0.2) is 0 Å². The van der Waals surface area contributed by atoms with Crippen LogP contribution in [0.3, 0.4) is 0 Å². The van der Waals surface area contributed by atoms with E-state index in [1.807, 2.05) is 0 Å². The Morgan fingerprint density at radius 2 is 1.70 bits per heavy atom. The Hall–Kier alpha value is -1.06. The minimum atomic E-state index is -0.845. The molecule has 0 aromatic carbocycles. The highest BCUT2D eigenvalue weighted by molar-refractivity contribution is 5.81. The Morgan fingerprint density at radius 3 is 2.26 bits per heavy atom. The van der Waals surface area contributed by atoms with E-state index in [4.69, 9.17) is 4.74 Å². The van der Waals surface area contributed by atoms with Gasteiger partial charge in [-0.3, -0.25) is 9.59 Å². The molecule has 2 rings (SSSR count). The molecule has 27 heavy (non-hydrogen) atoms. The minimum absolute atomic E-state index is 0.0914. The molecule has 1 N–H and O–H groups in total. The summed E-state index contributed by atoms with van der Waals surface area (Å²) >= 11 is 0. The molecule has 2 aliphatic carbocycles. The molecule has 0 aromatic heterocycles. The van der Waals surface area contributed by atoms with E-state index in [2.05, 4.69) is 34.6 Å². The lowest BCUT2D eigenvalue weighted by atomic mass is 9.69. The van der Waals surface area contributed by atoms with Gasteiger partial charge in [0.15, 0.2) is 0 Å². The van der Waals surface area contributed by atoms with Gasteiger partial charge in [0, 0.05) is 0 Å². The Bertz CT molecular complexity index is 513. The Labute approximate surface area is 165 Å². The van der Waals surface area contributed by atoms with E-state index in [0.29, 0.717) is 24.7 Å². The van der Waals surface area contributed by atoms with Crippen LogP contribution in [-0.4, -0.2) is 23.1 Å². The molecule has 2 fully saturated rings. The first-order valence-corrected chi connectivity index (χ1v) is 11.1. The van der Waals surface area contributed by atoms with Gasteiger partial charge < -0.3 is 9.84 Å². The second kappa shape index (κ2) is 9.43. The highest BCUT2D eigenvalue weighted by atomic mass is 16.5. The van der Waals surface area contributed by atoms with Crippen LogP contribution in [0.5, 0.6) is 0 Å². The molecule has 156 valence electrons. The summed E-state index contributed by atoms with van der Waals surface area (Å²) in [6, 6.07) is 0. The average molecular weight is 381 g/mol. The molecule has 0 aliphatic heterocycles. The molecule has 2 aliphatic rings. The molecule has 4 heteroatoms. The van der Waals surface area contributed by atoms with Crippen LogP contribution in [0, 0.1) is 35.0 Å². The fraction of sp³-hybridized carbons (Fsp3) is 0.913. The van der Waals surface area contributed by atoms with Gasteiger partial charge in [-0.05, 0) is 55.3 Å². The number of ether oxygens (including phenoxy) is 1. The molecule has 0 bridgehead atoms. The van der Waals surface area contributed by atoms with Crippen LogP contribution >= 0.6 is 0 Å². The normalized spacial score (nSPS) is 33.3. The molecular weight excluding hydrogens is 340 g/mol. The topological polar surface area (TPSA) is 63.6 Å². The van der Waals surface area contributed by atoms with E-state index in [9.17, 15) is 14.7 Å². The zero-order valence-electron chi connectivity index (χ0n) is 18.0. The third kappa shape index (κ3) is 5.96. The van der Waals surface area contributed by atoms with Crippen molar-refractivity contribution in [2.24, 2.45) is 35.0 Å². The molecule has 0 spiro atoms. The number of esters is 1. The number of carboxylic acid groups (broad SMARTS) is 1. The second-order valence-corrected chi connectivity index (χ2v) is 10.1. The Morgan fingerprint density at radius 1 is 1.07 bits per heavy atom. The van der Waals surface area contributed by atoms with Crippen molar-refractivity contribution in [3.05, 3.63) is 0 Å². The highest BCUT2D eigenvalue weighted by Crippen LogP contribution is 2.41. The maximum atomic E-state index is 13.0. The van der Waals surface area contributed by atoms with Gasteiger partial charge in [0.2, 0.25) is 0 Å². The summed E-state index contributed by atoms with van der Waals surface area (Å²) in [5.41, 5.74) is 0.118. The van der Waals surface area contributed by atoms with Crippen molar-refractivity contribution in [1.82, 2.24) is 0 Å². The third-order valence-electron chi connectivity index (χ3n) is 7.34. The maximum absolute atomic E-state index is 13.0. The highest BCUT2D eigenvalue weighted by Gasteiger charge is 2.41. The lowest BCUT2D eigenvalue weighted by molar-refractivity contribution is -0.169. The number of carbonyl (C=O) groups excluding carboxylic acids is 1. The monoisotopic (exact) mass is 380 g/mol. The molecule has 0 heterocycles. The predicted octanol–water partition coefficient (Wildman–Crippen LogP) is 5.69. The molecule has 0 aromatic rings. The van der Waals surface area contributed by atoms with E-state index in [1.54, 1.807) is 0 Å². The first kappa shape index (κ1) is 22.2. The van der Waals surface area contributed by atoms with E-state index < -0.39 is 17.8 Å². The van der Waals surface area contributed by atoms with Crippen LogP contribution < -0.4 is 0 Å². The number of rotatable bonds is 7. The van der Waals surface area contributed by atoms with Crippen LogP contribution in [-0.2, 0) is 14.3 Å². The van der Waals surface area contributed by atoms with Crippen molar-refractivity contribution >= 4 is 11.9 Å². The molecule has 4 nitrogen and oxygen atoms in total. The van der Waals surface area contributed by atoms with Gasteiger partial charge in [-0.1, -0.05) is 60.3 Å².